The molecule has 0 unspecified atom stereocenters. The largest absolute Gasteiger partial charge is 0.493 e. The van der Waals surface area contributed by atoms with E-state index in [0.717, 1.165) is 16.1 Å². The van der Waals surface area contributed by atoms with Crippen molar-refractivity contribution in [1.82, 2.24) is 0 Å². The first-order valence-corrected chi connectivity index (χ1v) is 7.03. The molecule has 0 N–H and O–H groups in total. The Morgan fingerprint density at radius 1 is 1.10 bits per heavy atom. The van der Waals surface area contributed by atoms with Gasteiger partial charge in [-0.15, -0.1) is 0 Å². The van der Waals surface area contributed by atoms with Crippen LogP contribution < -0.4 is 9.47 Å². The monoisotopic (exact) mass is 352 g/mol. The van der Waals surface area contributed by atoms with Crippen molar-refractivity contribution in [1.29, 1.82) is 0 Å². The molecule has 2 aromatic carbocycles. The molecule has 0 fully saturated rings. The molecule has 0 amide bonds. The summed E-state index contributed by atoms with van der Waals surface area (Å²) >= 11 is 3.33. The number of methoxy groups -OCH3 is 2. The zero-order chi connectivity index (χ0) is 15.4. The Hall–Kier alpha value is -1.88. The van der Waals surface area contributed by atoms with E-state index in [1.165, 1.54) is 20.3 Å². The van der Waals surface area contributed by atoms with Gasteiger partial charge in [-0.05, 0) is 23.8 Å². The summed E-state index contributed by atoms with van der Waals surface area (Å²) in [6.45, 7) is 0. The minimum Gasteiger partial charge on any atom is -0.493 e. The second-order valence-corrected chi connectivity index (χ2v) is 5.33. The number of hydrogen-bond donors (Lipinski definition) is 0. The third-order valence-corrected chi connectivity index (χ3v) is 3.58. The Morgan fingerprint density at radius 3 is 2.24 bits per heavy atom. The van der Waals surface area contributed by atoms with Gasteiger partial charge < -0.3 is 9.47 Å². The van der Waals surface area contributed by atoms with Gasteiger partial charge in [0.1, 0.15) is 5.82 Å². The first-order chi connectivity index (χ1) is 10.0. The number of Topliss-reactive ketones (excluding diaryl/α,β-unsaturated/α-hetero) is 1. The number of hydrogen-bond acceptors (Lipinski definition) is 3. The highest BCUT2D eigenvalue weighted by Gasteiger charge is 2.17. The van der Waals surface area contributed by atoms with E-state index in [2.05, 4.69) is 15.9 Å². The van der Waals surface area contributed by atoms with Crippen LogP contribution in [0, 0.1) is 5.82 Å². The predicted molar refractivity (Wildman–Crippen MR) is 81.7 cm³/mol. The standard InChI is InChI=1S/C16H14BrFO3/c1-20-15-8-12(13(18)9-16(15)21-2)14(19)7-10-3-5-11(17)6-4-10/h3-6,8-9H,7H2,1-2H3. The zero-order valence-corrected chi connectivity index (χ0v) is 13.2. The molecule has 0 saturated carbocycles. The van der Waals surface area contributed by atoms with Gasteiger partial charge in [-0.25, -0.2) is 4.39 Å². The minimum atomic E-state index is -0.616. The summed E-state index contributed by atoms with van der Waals surface area (Å²) < 4.78 is 25.0. The van der Waals surface area contributed by atoms with Gasteiger partial charge >= 0.3 is 0 Å². The van der Waals surface area contributed by atoms with Crippen molar-refractivity contribution in [2.75, 3.05) is 14.2 Å². The van der Waals surface area contributed by atoms with Crippen LogP contribution in [0.5, 0.6) is 11.5 Å². The number of benzene rings is 2. The van der Waals surface area contributed by atoms with Crippen LogP contribution in [-0.4, -0.2) is 20.0 Å². The maximum Gasteiger partial charge on any atom is 0.170 e. The van der Waals surface area contributed by atoms with Gasteiger partial charge in [-0.3, -0.25) is 4.79 Å². The number of halogens is 2. The van der Waals surface area contributed by atoms with Gasteiger partial charge in [-0.2, -0.15) is 0 Å². The molecule has 0 atom stereocenters. The molecule has 5 heteroatoms. The van der Waals surface area contributed by atoms with Crippen molar-refractivity contribution in [3.63, 3.8) is 0 Å². The molecule has 21 heavy (non-hydrogen) atoms. The van der Waals surface area contributed by atoms with E-state index < -0.39 is 5.82 Å². The fraction of sp³-hybridized carbons (Fsp3) is 0.188. The maximum atomic E-state index is 14.0. The van der Waals surface area contributed by atoms with E-state index in [1.807, 2.05) is 24.3 Å². The first kappa shape index (κ1) is 15.5. The summed E-state index contributed by atoms with van der Waals surface area (Å²) in [5.41, 5.74) is 0.813. The Bertz CT molecular complexity index is 653. The summed E-state index contributed by atoms with van der Waals surface area (Å²) in [5.74, 6) is -0.334. The van der Waals surface area contributed by atoms with Gasteiger partial charge in [0.2, 0.25) is 0 Å². The molecule has 0 radical (unpaired) electrons. The second-order valence-electron chi connectivity index (χ2n) is 4.41. The fourth-order valence-electron chi connectivity index (χ4n) is 1.95. The lowest BCUT2D eigenvalue weighted by Gasteiger charge is -2.10. The number of carbonyl (C=O) groups excluding carboxylic acids is 1. The normalized spacial score (nSPS) is 10.3. The van der Waals surface area contributed by atoms with Crippen molar-refractivity contribution >= 4 is 21.7 Å². The minimum absolute atomic E-state index is 0.00410. The van der Waals surface area contributed by atoms with E-state index >= 15 is 0 Å². The van der Waals surface area contributed by atoms with Crippen LogP contribution >= 0.6 is 15.9 Å². The van der Waals surface area contributed by atoms with Crippen LogP contribution in [0.2, 0.25) is 0 Å². The van der Waals surface area contributed by atoms with E-state index in [9.17, 15) is 9.18 Å². The average Bonchev–Trinajstić information content (AvgIpc) is 2.49. The van der Waals surface area contributed by atoms with Crippen molar-refractivity contribution in [3.05, 3.63) is 57.8 Å². The van der Waals surface area contributed by atoms with Gasteiger partial charge in [-0.1, -0.05) is 28.1 Å². The van der Waals surface area contributed by atoms with Crippen molar-refractivity contribution in [3.8, 4) is 11.5 Å². The quantitative estimate of drug-likeness (QED) is 0.762. The van der Waals surface area contributed by atoms with Crippen LogP contribution in [0.1, 0.15) is 15.9 Å². The molecule has 0 saturated heterocycles. The van der Waals surface area contributed by atoms with Crippen LogP contribution in [0.4, 0.5) is 4.39 Å². The summed E-state index contributed by atoms with van der Waals surface area (Å²) in [6.07, 6.45) is 0.125. The molecule has 2 aromatic rings. The van der Waals surface area contributed by atoms with Crippen LogP contribution in [0.25, 0.3) is 0 Å². The Labute approximate surface area is 130 Å². The molecular weight excluding hydrogens is 339 g/mol. The molecule has 0 bridgehead atoms. The third kappa shape index (κ3) is 3.61. The molecule has 0 aliphatic heterocycles. The Morgan fingerprint density at radius 2 is 1.67 bits per heavy atom. The zero-order valence-electron chi connectivity index (χ0n) is 11.7. The maximum absolute atomic E-state index is 14.0. The van der Waals surface area contributed by atoms with Crippen molar-refractivity contribution < 1.29 is 18.7 Å². The van der Waals surface area contributed by atoms with Crippen molar-refractivity contribution in [2.24, 2.45) is 0 Å². The predicted octanol–water partition coefficient (Wildman–Crippen LogP) is 4.03. The molecule has 0 spiro atoms. The lowest BCUT2D eigenvalue weighted by molar-refractivity contribution is 0.0988. The lowest BCUT2D eigenvalue weighted by Crippen LogP contribution is -2.07. The van der Waals surface area contributed by atoms with Gasteiger partial charge in [0.25, 0.3) is 0 Å². The molecular formula is C16H14BrFO3. The highest BCUT2D eigenvalue weighted by atomic mass is 79.9. The van der Waals surface area contributed by atoms with E-state index in [0.29, 0.717) is 5.75 Å². The molecule has 0 aromatic heterocycles. The van der Waals surface area contributed by atoms with Crippen LogP contribution in [0.3, 0.4) is 0 Å². The molecule has 110 valence electrons. The smallest absolute Gasteiger partial charge is 0.170 e. The number of carbonyl (C=O) groups is 1. The lowest BCUT2D eigenvalue weighted by atomic mass is 10.0. The van der Waals surface area contributed by atoms with Crippen LogP contribution in [-0.2, 0) is 6.42 Å². The highest BCUT2D eigenvalue weighted by molar-refractivity contribution is 9.10. The number of rotatable bonds is 5. The van der Waals surface area contributed by atoms with Crippen molar-refractivity contribution in [2.45, 2.75) is 6.42 Å². The highest BCUT2D eigenvalue weighted by Crippen LogP contribution is 2.30. The number of ether oxygens (including phenoxy) is 2. The third-order valence-electron chi connectivity index (χ3n) is 3.05. The molecule has 0 aliphatic rings. The van der Waals surface area contributed by atoms with Gasteiger partial charge in [0.05, 0.1) is 19.8 Å². The molecule has 3 nitrogen and oxygen atoms in total. The van der Waals surface area contributed by atoms with Gasteiger partial charge in [0.15, 0.2) is 17.3 Å². The topological polar surface area (TPSA) is 35.5 Å². The average molecular weight is 353 g/mol. The summed E-state index contributed by atoms with van der Waals surface area (Å²) in [4.78, 5) is 12.2. The Kier molecular flexibility index (Phi) is 4.96. The van der Waals surface area contributed by atoms with E-state index in [1.54, 1.807) is 0 Å². The molecule has 0 aliphatic carbocycles. The van der Waals surface area contributed by atoms with Gasteiger partial charge in [0, 0.05) is 17.0 Å². The van der Waals surface area contributed by atoms with E-state index in [4.69, 9.17) is 9.47 Å². The summed E-state index contributed by atoms with van der Waals surface area (Å²) in [6, 6.07) is 9.85. The van der Waals surface area contributed by atoms with E-state index in [-0.39, 0.29) is 23.5 Å². The number of ketones is 1. The molecule has 2 rings (SSSR count). The SMILES string of the molecule is COc1cc(F)c(C(=O)Cc2ccc(Br)cc2)cc1OC. The Balaban J connectivity index is 2.28. The first-order valence-electron chi connectivity index (χ1n) is 6.24. The van der Waals surface area contributed by atoms with Crippen LogP contribution in [0.15, 0.2) is 40.9 Å². The second kappa shape index (κ2) is 6.72. The summed E-state index contributed by atoms with van der Waals surface area (Å²) in [7, 11) is 2.86. The summed E-state index contributed by atoms with van der Waals surface area (Å²) in [5, 5.41) is 0. The fourth-order valence-corrected chi connectivity index (χ4v) is 2.22. The molecule has 0 heterocycles.